The minimum Gasteiger partial charge on any atom is -0.329 e. The second kappa shape index (κ2) is 10.8. The SMILES string of the molecule is C=CCN(Cc1cnc(S(=O)(=O)Cc2ccccc2)n1C1CCCCC1)C(=O)c1ccccc1. The molecule has 0 saturated heterocycles. The van der Waals surface area contributed by atoms with Crippen LogP contribution in [-0.2, 0) is 22.1 Å². The molecular formula is C27H31N3O3S. The maximum Gasteiger partial charge on any atom is 0.254 e. The summed E-state index contributed by atoms with van der Waals surface area (Å²) < 4.78 is 28.8. The Labute approximate surface area is 201 Å². The van der Waals surface area contributed by atoms with Crippen molar-refractivity contribution in [2.75, 3.05) is 6.54 Å². The molecule has 0 unspecified atom stereocenters. The third-order valence-electron chi connectivity index (χ3n) is 6.27. The molecule has 1 aromatic heterocycles. The zero-order valence-corrected chi connectivity index (χ0v) is 20.2. The molecular weight excluding hydrogens is 446 g/mol. The summed E-state index contributed by atoms with van der Waals surface area (Å²) in [6.07, 6.45) is 8.40. The van der Waals surface area contributed by atoms with E-state index in [1.54, 1.807) is 29.3 Å². The van der Waals surface area contributed by atoms with Gasteiger partial charge < -0.3 is 9.47 Å². The van der Waals surface area contributed by atoms with Crippen molar-refractivity contribution in [2.24, 2.45) is 0 Å². The van der Waals surface area contributed by atoms with E-state index in [4.69, 9.17) is 0 Å². The standard InChI is InChI=1S/C27H31N3O3S/c1-2-18-29(26(31)23-14-8-4-9-15-23)20-25-19-28-27(30(25)24-16-10-5-11-17-24)34(32,33)21-22-12-6-3-7-13-22/h2-4,6-9,12-15,19,24H,1,5,10-11,16-18,20-21H2. The summed E-state index contributed by atoms with van der Waals surface area (Å²) in [6.45, 7) is 4.43. The first kappa shape index (κ1) is 24.0. The van der Waals surface area contributed by atoms with E-state index in [0.29, 0.717) is 12.1 Å². The quantitative estimate of drug-likeness (QED) is 0.398. The average Bonchev–Trinajstić information content (AvgIpc) is 3.29. The molecule has 6 nitrogen and oxygen atoms in total. The topological polar surface area (TPSA) is 72.3 Å². The zero-order valence-electron chi connectivity index (χ0n) is 19.3. The Morgan fingerprint density at radius 2 is 1.68 bits per heavy atom. The summed E-state index contributed by atoms with van der Waals surface area (Å²) in [6, 6.07) is 18.3. The molecule has 0 spiro atoms. The molecule has 3 aromatic rings. The lowest BCUT2D eigenvalue weighted by Crippen LogP contribution is -2.32. The van der Waals surface area contributed by atoms with Gasteiger partial charge in [-0.05, 0) is 30.5 Å². The molecule has 2 aromatic carbocycles. The third-order valence-corrected chi connectivity index (χ3v) is 7.84. The van der Waals surface area contributed by atoms with E-state index in [1.165, 1.54) is 0 Å². The Morgan fingerprint density at radius 1 is 1.03 bits per heavy atom. The van der Waals surface area contributed by atoms with Crippen LogP contribution in [0.2, 0.25) is 0 Å². The van der Waals surface area contributed by atoms with Crippen LogP contribution in [0.3, 0.4) is 0 Å². The minimum atomic E-state index is -3.66. The monoisotopic (exact) mass is 477 g/mol. The number of hydrogen-bond donors (Lipinski definition) is 0. The number of aromatic nitrogens is 2. The van der Waals surface area contributed by atoms with Crippen molar-refractivity contribution in [3.05, 3.63) is 96.3 Å². The molecule has 0 N–H and O–H groups in total. The number of carbonyl (C=O) groups excluding carboxylic acids is 1. The van der Waals surface area contributed by atoms with Crippen molar-refractivity contribution in [3.8, 4) is 0 Å². The van der Waals surface area contributed by atoms with Crippen molar-refractivity contribution >= 4 is 15.7 Å². The van der Waals surface area contributed by atoms with Gasteiger partial charge in [0.15, 0.2) is 0 Å². The normalized spacial score (nSPS) is 14.6. The lowest BCUT2D eigenvalue weighted by molar-refractivity contribution is 0.0757. The number of imidazole rings is 1. The fourth-order valence-electron chi connectivity index (χ4n) is 4.65. The summed E-state index contributed by atoms with van der Waals surface area (Å²) >= 11 is 0. The van der Waals surface area contributed by atoms with Gasteiger partial charge in [-0.3, -0.25) is 4.79 Å². The van der Waals surface area contributed by atoms with Crippen LogP contribution < -0.4 is 0 Å². The van der Waals surface area contributed by atoms with Gasteiger partial charge in [0, 0.05) is 18.2 Å². The summed E-state index contributed by atoms with van der Waals surface area (Å²) in [4.78, 5) is 19.3. The van der Waals surface area contributed by atoms with E-state index in [2.05, 4.69) is 11.6 Å². The molecule has 1 amide bonds. The molecule has 0 bridgehead atoms. The van der Waals surface area contributed by atoms with Gasteiger partial charge in [-0.2, -0.15) is 0 Å². The van der Waals surface area contributed by atoms with Crippen molar-refractivity contribution in [1.29, 1.82) is 0 Å². The van der Waals surface area contributed by atoms with Crippen molar-refractivity contribution in [2.45, 2.75) is 55.6 Å². The Balaban J connectivity index is 1.70. The largest absolute Gasteiger partial charge is 0.329 e. The number of sulfone groups is 1. The van der Waals surface area contributed by atoms with Crippen LogP contribution in [0.4, 0.5) is 0 Å². The Hall–Kier alpha value is -3.19. The summed E-state index contributed by atoms with van der Waals surface area (Å²) in [5.74, 6) is -0.221. The molecule has 4 rings (SSSR count). The summed E-state index contributed by atoms with van der Waals surface area (Å²) in [7, 11) is -3.66. The van der Waals surface area contributed by atoms with Crippen LogP contribution in [0, 0.1) is 0 Å². The smallest absolute Gasteiger partial charge is 0.254 e. The molecule has 1 saturated carbocycles. The summed E-state index contributed by atoms with van der Waals surface area (Å²) in [5.41, 5.74) is 2.06. The first-order valence-electron chi connectivity index (χ1n) is 11.8. The lowest BCUT2D eigenvalue weighted by atomic mass is 9.95. The zero-order chi connectivity index (χ0) is 24.0. The fraction of sp³-hybridized carbons (Fsp3) is 0.333. The second-order valence-electron chi connectivity index (χ2n) is 8.78. The predicted octanol–water partition coefficient (Wildman–Crippen LogP) is 5.19. The number of amides is 1. The van der Waals surface area contributed by atoms with E-state index in [1.807, 2.05) is 53.1 Å². The van der Waals surface area contributed by atoms with Gasteiger partial charge in [-0.1, -0.05) is 73.9 Å². The van der Waals surface area contributed by atoms with Crippen LogP contribution in [0.5, 0.6) is 0 Å². The van der Waals surface area contributed by atoms with E-state index in [9.17, 15) is 13.2 Å². The highest BCUT2D eigenvalue weighted by Gasteiger charge is 2.30. The van der Waals surface area contributed by atoms with Crippen molar-refractivity contribution in [1.82, 2.24) is 14.5 Å². The molecule has 1 heterocycles. The maximum absolute atomic E-state index is 13.5. The van der Waals surface area contributed by atoms with E-state index < -0.39 is 9.84 Å². The van der Waals surface area contributed by atoms with Gasteiger partial charge in [0.05, 0.1) is 24.2 Å². The van der Waals surface area contributed by atoms with Gasteiger partial charge in [0.1, 0.15) is 0 Å². The van der Waals surface area contributed by atoms with Crippen LogP contribution in [-0.4, -0.2) is 35.3 Å². The van der Waals surface area contributed by atoms with Crippen LogP contribution in [0.1, 0.15) is 59.8 Å². The van der Waals surface area contributed by atoms with Gasteiger partial charge >= 0.3 is 0 Å². The predicted molar refractivity (Wildman–Crippen MR) is 133 cm³/mol. The number of carbonyl (C=O) groups is 1. The van der Waals surface area contributed by atoms with E-state index >= 15 is 0 Å². The average molecular weight is 478 g/mol. The van der Waals surface area contributed by atoms with E-state index in [0.717, 1.165) is 43.4 Å². The third kappa shape index (κ3) is 5.47. The molecule has 1 aliphatic rings. The van der Waals surface area contributed by atoms with Crippen LogP contribution >= 0.6 is 0 Å². The Morgan fingerprint density at radius 3 is 2.32 bits per heavy atom. The van der Waals surface area contributed by atoms with Gasteiger partial charge in [0.2, 0.25) is 15.0 Å². The lowest BCUT2D eigenvalue weighted by Gasteiger charge is -2.28. The molecule has 178 valence electrons. The molecule has 7 heteroatoms. The van der Waals surface area contributed by atoms with Gasteiger partial charge in [-0.25, -0.2) is 13.4 Å². The molecule has 0 atom stereocenters. The first-order chi connectivity index (χ1) is 16.5. The minimum absolute atomic E-state index is 0.0595. The maximum atomic E-state index is 13.5. The highest BCUT2D eigenvalue weighted by Crippen LogP contribution is 2.33. The molecule has 0 radical (unpaired) electrons. The van der Waals surface area contributed by atoms with E-state index in [-0.39, 0.29) is 29.4 Å². The number of hydrogen-bond acceptors (Lipinski definition) is 4. The molecule has 0 aliphatic heterocycles. The molecule has 34 heavy (non-hydrogen) atoms. The number of benzene rings is 2. The van der Waals surface area contributed by atoms with Crippen molar-refractivity contribution in [3.63, 3.8) is 0 Å². The first-order valence-corrected chi connectivity index (χ1v) is 13.4. The van der Waals surface area contributed by atoms with Gasteiger partial charge in [-0.15, -0.1) is 6.58 Å². The molecule has 1 aliphatic carbocycles. The van der Waals surface area contributed by atoms with Crippen molar-refractivity contribution < 1.29 is 13.2 Å². The second-order valence-corrected chi connectivity index (χ2v) is 10.7. The summed E-state index contributed by atoms with van der Waals surface area (Å²) in [5, 5.41) is 0.101. The number of nitrogens with zero attached hydrogens (tertiary/aromatic N) is 3. The molecule has 1 fully saturated rings. The van der Waals surface area contributed by atoms with Gasteiger partial charge in [0.25, 0.3) is 5.91 Å². The Kier molecular flexibility index (Phi) is 7.63. The van der Waals surface area contributed by atoms with Crippen LogP contribution in [0.15, 0.2) is 84.7 Å². The Bertz CT molecular complexity index is 1210. The fourth-order valence-corrected chi connectivity index (χ4v) is 6.19. The highest BCUT2D eigenvalue weighted by atomic mass is 32.2. The highest BCUT2D eigenvalue weighted by molar-refractivity contribution is 7.90. The number of rotatable bonds is 9. The van der Waals surface area contributed by atoms with Crippen LogP contribution in [0.25, 0.3) is 0 Å².